The van der Waals surface area contributed by atoms with Gasteiger partial charge in [0.05, 0.1) is 7.11 Å². The molecule has 154 valence electrons. The van der Waals surface area contributed by atoms with E-state index in [-0.39, 0.29) is 5.91 Å². The van der Waals surface area contributed by atoms with E-state index in [1.165, 1.54) is 10.6 Å². The third kappa shape index (κ3) is 4.31. The van der Waals surface area contributed by atoms with Gasteiger partial charge in [0.1, 0.15) is 5.75 Å². The Morgan fingerprint density at radius 1 is 1.00 bits per heavy atom. The number of carbonyl (C=O) groups excluding carboxylic acids is 1. The van der Waals surface area contributed by atoms with Gasteiger partial charge < -0.3 is 25.0 Å². The molecule has 2 aromatic rings. The molecule has 7 nitrogen and oxygen atoms in total. The lowest BCUT2D eigenvalue weighted by Crippen LogP contribution is -2.56. The summed E-state index contributed by atoms with van der Waals surface area (Å²) >= 11 is 0. The Kier molecular flexibility index (Phi) is 5.87. The van der Waals surface area contributed by atoms with Crippen LogP contribution in [0.3, 0.4) is 0 Å². The van der Waals surface area contributed by atoms with Crippen molar-refractivity contribution < 1.29 is 14.6 Å². The van der Waals surface area contributed by atoms with Gasteiger partial charge in [0.15, 0.2) is 0 Å². The van der Waals surface area contributed by atoms with Crippen molar-refractivity contribution in [2.75, 3.05) is 49.6 Å². The highest BCUT2D eigenvalue weighted by molar-refractivity contribution is 5.79. The molecule has 0 aliphatic carbocycles. The molecule has 29 heavy (non-hydrogen) atoms. The van der Waals surface area contributed by atoms with Crippen LogP contribution in [0.4, 0.5) is 11.4 Å². The summed E-state index contributed by atoms with van der Waals surface area (Å²) in [5.41, 5.74) is 3.06. The first-order valence-electron chi connectivity index (χ1n) is 10.1. The van der Waals surface area contributed by atoms with E-state index < -0.39 is 6.35 Å². The highest BCUT2D eigenvalue weighted by Crippen LogP contribution is 2.27. The van der Waals surface area contributed by atoms with Crippen molar-refractivity contribution in [2.24, 2.45) is 0 Å². The number of hydrogen-bond donors (Lipinski definition) is 2. The molecule has 2 heterocycles. The summed E-state index contributed by atoms with van der Waals surface area (Å²) in [4.78, 5) is 18.2. The molecule has 0 bridgehead atoms. The molecule has 0 spiro atoms. The normalized spacial score (nSPS) is 20.1. The van der Waals surface area contributed by atoms with E-state index in [0.29, 0.717) is 19.5 Å². The number of carbonyl (C=O) groups is 1. The van der Waals surface area contributed by atoms with E-state index in [0.717, 1.165) is 43.2 Å². The van der Waals surface area contributed by atoms with Crippen LogP contribution in [0, 0.1) is 0 Å². The van der Waals surface area contributed by atoms with Gasteiger partial charge in [0.25, 0.3) is 0 Å². The van der Waals surface area contributed by atoms with Gasteiger partial charge in [-0.3, -0.25) is 9.69 Å². The predicted molar refractivity (Wildman–Crippen MR) is 113 cm³/mol. The lowest BCUT2D eigenvalue weighted by Gasteiger charge is -2.41. The SMILES string of the molecule is COc1ccc(CN2C(=O)CCN(c3ccc(N4CCNCC4)cc3)C2O)cc1. The second-order valence-electron chi connectivity index (χ2n) is 7.41. The second-order valence-corrected chi connectivity index (χ2v) is 7.41. The third-order valence-electron chi connectivity index (χ3n) is 5.62. The van der Waals surface area contributed by atoms with Crippen molar-refractivity contribution in [1.82, 2.24) is 10.2 Å². The molecule has 2 saturated heterocycles. The number of piperazine rings is 1. The van der Waals surface area contributed by atoms with E-state index in [1.807, 2.05) is 41.3 Å². The molecule has 2 fully saturated rings. The summed E-state index contributed by atoms with van der Waals surface area (Å²) in [5.74, 6) is 0.729. The maximum Gasteiger partial charge on any atom is 0.228 e. The van der Waals surface area contributed by atoms with E-state index in [1.54, 1.807) is 7.11 Å². The van der Waals surface area contributed by atoms with Crippen molar-refractivity contribution in [2.45, 2.75) is 19.3 Å². The fourth-order valence-electron chi connectivity index (χ4n) is 3.91. The number of nitrogens with one attached hydrogen (secondary N) is 1. The van der Waals surface area contributed by atoms with Crippen LogP contribution in [0.1, 0.15) is 12.0 Å². The van der Waals surface area contributed by atoms with Gasteiger partial charge in [0, 0.05) is 57.1 Å². The van der Waals surface area contributed by atoms with Crippen molar-refractivity contribution in [3.8, 4) is 5.75 Å². The number of nitrogens with zero attached hydrogens (tertiary/aromatic N) is 3. The Hall–Kier alpha value is -2.77. The molecule has 2 aromatic carbocycles. The molecule has 7 heteroatoms. The van der Waals surface area contributed by atoms with Gasteiger partial charge in [0.2, 0.25) is 12.3 Å². The predicted octanol–water partition coefficient (Wildman–Crippen LogP) is 1.62. The summed E-state index contributed by atoms with van der Waals surface area (Å²) < 4.78 is 5.18. The first-order chi connectivity index (χ1) is 14.2. The number of rotatable bonds is 5. The average Bonchev–Trinajstić information content (AvgIpc) is 2.78. The molecule has 1 atom stereocenters. The fraction of sp³-hybridized carbons (Fsp3) is 0.409. The number of amides is 1. The molecule has 1 unspecified atom stereocenters. The van der Waals surface area contributed by atoms with Crippen LogP contribution in [-0.4, -0.2) is 62.1 Å². The summed E-state index contributed by atoms with van der Waals surface area (Å²) in [6.07, 6.45) is -0.601. The molecule has 2 aliphatic heterocycles. The van der Waals surface area contributed by atoms with Gasteiger partial charge in [-0.05, 0) is 42.0 Å². The Bertz CT molecular complexity index is 819. The van der Waals surface area contributed by atoms with Crippen LogP contribution in [0.5, 0.6) is 5.75 Å². The highest BCUT2D eigenvalue weighted by atomic mass is 16.5. The first-order valence-corrected chi connectivity index (χ1v) is 10.1. The van der Waals surface area contributed by atoms with Crippen LogP contribution < -0.4 is 19.9 Å². The number of aliphatic hydroxyl groups excluding tert-OH is 1. The molecule has 1 amide bonds. The quantitative estimate of drug-likeness (QED) is 0.801. The minimum atomic E-state index is -0.983. The van der Waals surface area contributed by atoms with Crippen LogP contribution in [0.25, 0.3) is 0 Å². The molecular formula is C22H28N4O3. The van der Waals surface area contributed by atoms with Gasteiger partial charge >= 0.3 is 0 Å². The minimum absolute atomic E-state index is 0.0398. The zero-order valence-corrected chi connectivity index (χ0v) is 16.8. The Balaban J connectivity index is 1.46. The Morgan fingerprint density at radius 3 is 2.31 bits per heavy atom. The number of hydrogen-bond acceptors (Lipinski definition) is 6. The van der Waals surface area contributed by atoms with E-state index >= 15 is 0 Å². The molecule has 2 N–H and O–H groups in total. The second kappa shape index (κ2) is 8.71. The smallest absolute Gasteiger partial charge is 0.228 e. The van der Waals surface area contributed by atoms with Crippen LogP contribution in [0.15, 0.2) is 48.5 Å². The molecule has 0 aromatic heterocycles. The van der Waals surface area contributed by atoms with Crippen molar-refractivity contribution in [3.05, 3.63) is 54.1 Å². The lowest BCUT2D eigenvalue weighted by molar-refractivity contribution is -0.146. The van der Waals surface area contributed by atoms with E-state index in [9.17, 15) is 9.90 Å². The summed E-state index contributed by atoms with van der Waals surface area (Å²) in [7, 11) is 1.62. The maximum atomic E-state index is 12.5. The number of benzene rings is 2. The molecule has 0 saturated carbocycles. The zero-order valence-electron chi connectivity index (χ0n) is 16.8. The largest absolute Gasteiger partial charge is 0.497 e. The maximum absolute atomic E-state index is 12.5. The summed E-state index contributed by atoms with van der Waals surface area (Å²) in [6.45, 7) is 4.85. The highest BCUT2D eigenvalue weighted by Gasteiger charge is 2.32. The van der Waals surface area contributed by atoms with Crippen molar-refractivity contribution >= 4 is 17.3 Å². The number of methoxy groups -OCH3 is 1. The monoisotopic (exact) mass is 396 g/mol. The number of ether oxygens (including phenoxy) is 1. The van der Waals surface area contributed by atoms with Gasteiger partial charge in [-0.15, -0.1) is 0 Å². The molecule has 4 rings (SSSR count). The number of anilines is 2. The topological polar surface area (TPSA) is 68.3 Å². The first kappa shape index (κ1) is 19.5. The molecular weight excluding hydrogens is 368 g/mol. The molecule has 0 radical (unpaired) electrons. The minimum Gasteiger partial charge on any atom is -0.497 e. The van der Waals surface area contributed by atoms with Crippen LogP contribution >= 0.6 is 0 Å². The molecule has 2 aliphatic rings. The van der Waals surface area contributed by atoms with Crippen LogP contribution in [0.2, 0.25) is 0 Å². The van der Waals surface area contributed by atoms with E-state index in [4.69, 9.17) is 4.74 Å². The lowest BCUT2D eigenvalue weighted by atomic mass is 10.1. The van der Waals surface area contributed by atoms with Crippen molar-refractivity contribution in [3.63, 3.8) is 0 Å². The standard InChI is InChI=1S/C22H28N4O3/c1-29-20-8-2-17(3-9-20)16-26-21(27)10-13-25(22(26)28)19-6-4-18(5-7-19)24-14-11-23-12-15-24/h2-9,22-23,28H,10-16H2,1H3. The zero-order chi connectivity index (χ0) is 20.2. The Morgan fingerprint density at radius 2 is 1.66 bits per heavy atom. The van der Waals surface area contributed by atoms with Gasteiger partial charge in [-0.2, -0.15) is 0 Å². The fourth-order valence-corrected chi connectivity index (χ4v) is 3.91. The number of aliphatic hydroxyl groups is 1. The van der Waals surface area contributed by atoms with Gasteiger partial charge in [-0.25, -0.2) is 0 Å². The third-order valence-corrected chi connectivity index (χ3v) is 5.62. The Labute approximate surface area is 171 Å². The van der Waals surface area contributed by atoms with Crippen molar-refractivity contribution in [1.29, 1.82) is 0 Å². The summed E-state index contributed by atoms with van der Waals surface area (Å²) in [5, 5.41) is 14.3. The average molecular weight is 396 g/mol. The van der Waals surface area contributed by atoms with Gasteiger partial charge in [-0.1, -0.05) is 12.1 Å². The van der Waals surface area contributed by atoms with Crippen LogP contribution in [-0.2, 0) is 11.3 Å². The summed E-state index contributed by atoms with van der Waals surface area (Å²) in [6, 6.07) is 15.8. The van der Waals surface area contributed by atoms with E-state index in [2.05, 4.69) is 22.3 Å².